The van der Waals surface area contributed by atoms with E-state index >= 15 is 0 Å². The first-order chi connectivity index (χ1) is 9.13. The highest BCUT2D eigenvalue weighted by Gasteiger charge is 2.33. The van der Waals surface area contributed by atoms with Crippen molar-refractivity contribution in [2.24, 2.45) is 11.8 Å². The van der Waals surface area contributed by atoms with E-state index in [9.17, 15) is 10.4 Å². The second-order valence-electron chi connectivity index (χ2n) is 6.77. The lowest BCUT2D eigenvalue weighted by Crippen LogP contribution is -2.48. The van der Waals surface area contributed by atoms with Crippen LogP contribution in [0.25, 0.3) is 0 Å². The van der Waals surface area contributed by atoms with Crippen LogP contribution >= 0.6 is 0 Å². The van der Waals surface area contributed by atoms with Crippen molar-refractivity contribution >= 4 is 0 Å². The Kier molecular flexibility index (Phi) is 5.24. The van der Waals surface area contributed by atoms with Crippen LogP contribution in [0.2, 0.25) is 0 Å². The van der Waals surface area contributed by atoms with Gasteiger partial charge in [-0.15, -0.1) is 0 Å². The Morgan fingerprint density at radius 2 is 1.84 bits per heavy atom. The van der Waals surface area contributed by atoms with E-state index in [1.165, 1.54) is 19.3 Å². The molecule has 0 bridgehead atoms. The van der Waals surface area contributed by atoms with Crippen molar-refractivity contribution in [1.29, 1.82) is 5.26 Å². The molecule has 0 radical (unpaired) electrons. The predicted molar refractivity (Wildman–Crippen MR) is 76.6 cm³/mol. The molecule has 0 heterocycles. The van der Waals surface area contributed by atoms with Crippen molar-refractivity contribution < 1.29 is 5.11 Å². The fourth-order valence-corrected chi connectivity index (χ4v) is 3.50. The van der Waals surface area contributed by atoms with E-state index in [-0.39, 0.29) is 12.0 Å². The molecule has 3 nitrogen and oxygen atoms in total. The Balaban J connectivity index is 1.84. The van der Waals surface area contributed by atoms with Crippen molar-refractivity contribution in [3.8, 4) is 6.07 Å². The van der Waals surface area contributed by atoms with E-state index in [1.807, 2.05) is 0 Å². The van der Waals surface area contributed by atoms with Crippen LogP contribution in [0.1, 0.15) is 64.7 Å². The van der Waals surface area contributed by atoms with E-state index in [2.05, 4.69) is 18.3 Å². The molecule has 3 heteroatoms. The zero-order valence-corrected chi connectivity index (χ0v) is 12.2. The highest BCUT2D eigenvalue weighted by Crippen LogP contribution is 2.32. The number of nitriles is 1. The lowest BCUT2D eigenvalue weighted by molar-refractivity contribution is -0.00921. The number of hydrogen-bond donors (Lipinski definition) is 2. The second-order valence-corrected chi connectivity index (χ2v) is 6.77. The molecule has 2 aliphatic carbocycles. The van der Waals surface area contributed by atoms with Crippen LogP contribution in [0.3, 0.4) is 0 Å². The van der Waals surface area contributed by atoms with Crippen LogP contribution in [0.15, 0.2) is 0 Å². The highest BCUT2D eigenvalue weighted by molar-refractivity contribution is 4.95. The maximum absolute atomic E-state index is 10.6. The van der Waals surface area contributed by atoms with Crippen LogP contribution < -0.4 is 5.32 Å². The molecule has 0 aromatic carbocycles. The van der Waals surface area contributed by atoms with Gasteiger partial charge in [0.2, 0.25) is 0 Å². The summed E-state index contributed by atoms with van der Waals surface area (Å²) < 4.78 is 0. The normalized spacial score (nSPS) is 40.4. The van der Waals surface area contributed by atoms with Gasteiger partial charge in [0.05, 0.1) is 17.6 Å². The summed E-state index contributed by atoms with van der Waals surface area (Å²) in [4.78, 5) is 0. The van der Waals surface area contributed by atoms with Gasteiger partial charge >= 0.3 is 0 Å². The summed E-state index contributed by atoms with van der Waals surface area (Å²) in [6.07, 6.45) is 9.82. The third kappa shape index (κ3) is 4.19. The first kappa shape index (κ1) is 14.8. The predicted octanol–water partition coefficient (Wildman–Crippen LogP) is 2.99. The Morgan fingerprint density at radius 1 is 1.16 bits per heavy atom. The maximum atomic E-state index is 10.6. The van der Waals surface area contributed by atoms with Crippen LogP contribution in [0.4, 0.5) is 0 Å². The van der Waals surface area contributed by atoms with E-state index in [1.54, 1.807) is 0 Å². The van der Waals surface area contributed by atoms with Gasteiger partial charge in [-0.05, 0) is 44.4 Å². The Morgan fingerprint density at radius 3 is 2.53 bits per heavy atom. The van der Waals surface area contributed by atoms with E-state index in [0.29, 0.717) is 6.54 Å². The van der Waals surface area contributed by atoms with Gasteiger partial charge in [0, 0.05) is 12.6 Å². The fourth-order valence-electron chi connectivity index (χ4n) is 3.50. The first-order valence-corrected chi connectivity index (χ1v) is 7.98. The average Bonchev–Trinajstić information content (AvgIpc) is 2.65. The second kappa shape index (κ2) is 6.72. The third-order valence-corrected chi connectivity index (χ3v) is 5.08. The molecule has 0 saturated heterocycles. The van der Waals surface area contributed by atoms with Crippen LogP contribution in [-0.4, -0.2) is 23.3 Å². The van der Waals surface area contributed by atoms with Crippen LogP contribution in [0.5, 0.6) is 0 Å². The minimum atomic E-state index is -0.529. The summed E-state index contributed by atoms with van der Waals surface area (Å²) in [5.41, 5.74) is -0.529. The molecular weight excluding hydrogens is 236 g/mol. The average molecular weight is 264 g/mol. The highest BCUT2D eigenvalue weighted by atomic mass is 16.3. The van der Waals surface area contributed by atoms with Gasteiger partial charge in [-0.3, -0.25) is 0 Å². The Labute approximate surface area is 117 Å². The SMILES string of the molecule is CC1CCC(O)(CNC2CCCCCC2C#N)CC1. The van der Waals surface area contributed by atoms with Gasteiger partial charge in [-0.25, -0.2) is 0 Å². The van der Waals surface area contributed by atoms with Crippen molar-refractivity contribution in [2.45, 2.75) is 76.4 Å². The number of nitrogens with zero attached hydrogens (tertiary/aromatic N) is 1. The van der Waals surface area contributed by atoms with E-state index in [4.69, 9.17) is 0 Å². The first-order valence-electron chi connectivity index (χ1n) is 7.98. The molecular formula is C16H28N2O. The molecule has 2 aliphatic rings. The van der Waals surface area contributed by atoms with E-state index in [0.717, 1.165) is 44.4 Å². The quantitative estimate of drug-likeness (QED) is 0.770. The molecule has 0 spiro atoms. The molecule has 2 N–H and O–H groups in total. The lowest BCUT2D eigenvalue weighted by Gasteiger charge is -2.36. The van der Waals surface area contributed by atoms with Gasteiger partial charge in [0.1, 0.15) is 0 Å². The van der Waals surface area contributed by atoms with Crippen molar-refractivity contribution in [3.63, 3.8) is 0 Å². The molecule has 0 aliphatic heterocycles. The molecule has 2 atom stereocenters. The summed E-state index contributed by atoms with van der Waals surface area (Å²) in [7, 11) is 0. The zero-order valence-electron chi connectivity index (χ0n) is 12.2. The standard InChI is InChI=1S/C16H28N2O/c1-13-7-9-16(19,10-8-13)12-18-15-6-4-2-3-5-14(15)11-17/h13-15,18-19H,2-10,12H2,1H3. The number of rotatable bonds is 3. The largest absolute Gasteiger partial charge is 0.389 e. The zero-order chi connectivity index (χ0) is 13.7. The van der Waals surface area contributed by atoms with Gasteiger partial charge in [-0.1, -0.05) is 26.2 Å². The van der Waals surface area contributed by atoms with Gasteiger partial charge in [0.15, 0.2) is 0 Å². The summed E-state index contributed by atoms with van der Waals surface area (Å²) in [5, 5.41) is 23.4. The maximum Gasteiger partial charge on any atom is 0.0771 e. The lowest BCUT2D eigenvalue weighted by atomic mass is 9.79. The molecule has 2 unspecified atom stereocenters. The molecule has 0 aromatic heterocycles. The van der Waals surface area contributed by atoms with Gasteiger partial charge in [0.25, 0.3) is 0 Å². The van der Waals surface area contributed by atoms with Crippen molar-refractivity contribution in [1.82, 2.24) is 5.32 Å². The third-order valence-electron chi connectivity index (χ3n) is 5.08. The Hall–Kier alpha value is -0.590. The monoisotopic (exact) mass is 264 g/mol. The minimum Gasteiger partial charge on any atom is -0.389 e. The summed E-state index contributed by atoms with van der Waals surface area (Å²) in [5.74, 6) is 0.888. The van der Waals surface area contributed by atoms with Crippen LogP contribution in [-0.2, 0) is 0 Å². The van der Waals surface area contributed by atoms with Crippen molar-refractivity contribution in [3.05, 3.63) is 0 Å². The van der Waals surface area contributed by atoms with E-state index < -0.39 is 5.60 Å². The van der Waals surface area contributed by atoms with Crippen molar-refractivity contribution in [2.75, 3.05) is 6.54 Å². The summed E-state index contributed by atoms with van der Waals surface area (Å²) >= 11 is 0. The Bertz CT molecular complexity index is 315. The number of aliphatic hydroxyl groups is 1. The molecule has 2 saturated carbocycles. The summed E-state index contributed by atoms with van der Waals surface area (Å²) in [6, 6.07) is 2.75. The topological polar surface area (TPSA) is 56.0 Å². The smallest absolute Gasteiger partial charge is 0.0771 e. The molecule has 0 amide bonds. The number of nitrogens with one attached hydrogen (secondary N) is 1. The fraction of sp³-hybridized carbons (Fsp3) is 0.938. The van der Waals surface area contributed by atoms with Crippen LogP contribution in [0, 0.1) is 23.2 Å². The van der Waals surface area contributed by atoms with Gasteiger partial charge < -0.3 is 10.4 Å². The molecule has 2 rings (SSSR count). The molecule has 108 valence electrons. The molecule has 2 fully saturated rings. The number of hydrogen-bond acceptors (Lipinski definition) is 3. The summed E-state index contributed by atoms with van der Waals surface area (Å²) in [6.45, 7) is 2.94. The minimum absolute atomic E-state index is 0.133. The molecule has 19 heavy (non-hydrogen) atoms. The van der Waals surface area contributed by atoms with Gasteiger partial charge in [-0.2, -0.15) is 5.26 Å². The molecule has 0 aromatic rings.